The first-order chi connectivity index (χ1) is 4.43. The molecule has 0 bridgehead atoms. The zero-order valence-electron chi connectivity index (χ0n) is 4.44. The van der Waals surface area contributed by atoms with Gasteiger partial charge in [-0.25, -0.2) is 20.4 Å². The third-order valence-electron chi connectivity index (χ3n) is 0.661. The lowest BCUT2D eigenvalue weighted by Crippen LogP contribution is -2.68. The lowest BCUT2D eigenvalue weighted by molar-refractivity contribution is -0.445. The highest BCUT2D eigenvalue weighted by Gasteiger charge is 1.82. The van der Waals surface area contributed by atoms with Crippen molar-refractivity contribution >= 4 is 5.95 Å². The molecule has 0 fully saturated rings. The van der Waals surface area contributed by atoms with Gasteiger partial charge in [0.1, 0.15) is 12.7 Å². The third kappa shape index (κ3) is 1.41. The molecule has 0 unspecified atom stereocenters. The van der Waals surface area contributed by atoms with E-state index in [2.05, 4.69) is 20.4 Å². The highest BCUT2D eigenvalue weighted by atomic mass is 15.4. The summed E-state index contributed by atoms with van der Waals surface area (Å²) >= 11 is 0. The fourth-order valence-electron chi connectivity index (χ4n) is 0.354. The van der Waals surface area contributed by atoms with Crippen LogP contribution in [0.2, 0.25) is 0 Å². The number of hydrogen-bond acceptors (Lipinski definition) is 3. The molecule has 0 saturated heterocycles. The third-order valence-corrected chi connectivity index (χ3v) is 0.661. The Morgan fingerprint density at radius 1 is 1.44 bits per heavy atom. The first kappa shape index (κ1) is 5.54. The van der Waals surface area contributed by atoms with E-state index in [1.54, 1.807) is 5.22 Å². The Kier molecular flexibility index (Phi) is 1.63. The van der Waals surface area contributed by atoms with Crippen molar-refractivity contribution in [1.29, 1.82) is 0 Å². The highest BCUT2D eigenvalue weighted by Crippen LogP contribution is 1.83. The van der Waals surface area contributed by atoms with E-state index in [0.717, 1.165) is 0 Å². The van der Waals surface area contributed by atoms with Crippen LogP contribution in [0.5, 0.6) is 0 Å². The molecule has 1 aromatic rings. The monoisotopic (exact) mass is 124 g/mol. The Morgan fingerprint density at radius 2 is 2.11 bits per heavy atom. The van der Waals surface area contributed by atoms with E-state index in [1.165, 1.54) is 12.7 Å². The van der Waals surface area contributed by atoms with Crippen molar-refractivity contribution in [2.45, 2.75) is 0 Å². The Bertz CT molecular complexity index is 183. The first-order valence-corrected chi connectivity index (χ1v) is 2.20. The minimum atomic E-state index is 0.271. The summed E-state index contributed by atoms with van der Waals surface area (Å²) in [7, 11) is 0. The van der Waals surface area contributed by atoms with Gasteiger partial charge >= 0.3 is 0 Å². The second-order valence-corrected chi connectivity index (χ2v) is 1.20. The normalized spacial score (nSPS) is 8.44. The van der Waals surface area contributed by atoms with Gasteiger partial charge in [-0.05, 0) is 0 Å². The Balaban J connectivity index is 2.72. The van der Waals surface area contributed by atoms with Gasteiger partial charge in [0.25, 0.3) is 0 Å². The summed E-state index contributed by atoms with van der Waals surface area (Å²) in [6.07, 6.45) is 2.62. The molecule has 9 heavy (non-hydrogen) atoms. The summed E-state index contributed by atoms with van der Waals surface area (Å²) < 4.78 is 0. The van der Waals surface area contributed by atoms with Crippen LogP contribution in [-0.4, -0.2) is 15.0 Å². The van der Waals surface area contributed by atoms with Crippen molar-refractivity contribution in [3.8, 4) is 0 Å². The van der Waals surface area contributed by atoms with Gasteiger partial charge in [0.15, 0.2) is 5.95 Å². The summed E-state index contributed by atoms with van der Waals surface area (Å²) in [6, 6.07) is 0. The molecule has 0 spiro atoms. The van der Waals surface area contributed by atoms with Crippen LogP contribution in [0, 0.1) is 0 Å². The van der Waals surface area contributed by atoms with E-state index in [0.29, 0.717) is 0 Å². The molecule has 0 aliphatic carbocycles. The van der Waals surface area contributed by atoms with Gasteiger partial charge in [-0.3, -0.25) is 0 Å². The Labute approximate surface area is 50.8 Å². The Morgan fingerprint density at radius 3 is 2.67 bits per heavy atom. The predicted octanol–water partition coefficient (Wildman–Crippen LogP) is -1.70. The second kappa shape index (κ2) is 2.65. The van der Waals surface area contributed by atoms with Crippen molar-refractivity contribution in [1.82, 2.24) is 15.0 Å². The van der Waals surface area contributed by atoms with Crippen molar-refractivity contribution in [3.05, 3.63) is 18.2 Å². The van der Waals surface area contributed by atoms with E-state index in [1.807, 2.05) is 0 Å². The molecule has 2 N–H and O–H groups in total. The smallest absolute Gasteiger partial charge is 0.191 e. The minimum absolute atomic E-state index is 0.271. The van der Waals surface area contributed by atoms with Gasteiger partial charge in [-0.15, -0.1) is 0 Å². The molecule has 0 amide bonds. The van der Waals surface area contributed by atoms with E-state index in [9.17, 15) is 0 Å². The van der Waals surface area contributed by atoms with Gasteiger partial charge < -0.3 is 0 Å². The number of hydrazine groups is 1. The van der Waals surface area contributed by atoms with Gasteiger partial charge in [0, 0.05) is 0 Å². The van der Waals surface area contributed by atoms with Crippen LogP contribution in [0.4, 0.5) is 5.95 Å². The van der Waals surface area contributed by atoms with Gasteiger partial charge in [-0.2, -0.15) is 10.8 Å². The van der Waals surface area contributed by atoms with Crippen LogP contribution in [0.3, 0.4) is 0 Å². The van der Waals surface area contributed by atoms with Crippen molar-refractivity contribution in [2.24, 2.45) is 0 Å². The lowest BCUT2D eigenvalue weighted by atomic mass is 11.0. The fourth-order valence-corrected chi connectivity index (χ4v) is 0.354. The van der Waals surface area contributed by atoms with Crippen LogP contribution >= 0.6 is 0 Å². The first-order valence-electron chi connectivity index (χ1n) is 2.20. The number of nitrogens with one attached hydrogen (secondary N) is 2. The molecule has 6 nitrogen and oxygen atoms in total. The maximum Gasteiger partial charge on any atom is 0.191 e. The maximum atomic E-state index is 8.06. The van der Waals surface area contributed by atoms with Crippen molar-refractivity contribution < 1.29 is 5.22 Å². The summed E-state index contributed by atoms with van der Waals surface area (Å²) in [5.74, 6) is 0.271. The van der Waals surface area contributed by atoms with E-state index in [4.69, 9.17) is 5.53 Å². The molecule has 0 aromatic carbocycles. The van der Waals surface area contributed by atoms with Crippen molar-refractivity contribution in [3.63, 3.8) is 0 Å². The van der Waals surface area contributed by atoms with Crippen LogP contribution in [-0.2, 0) is 0 Å². The molecule has 46 valence electrons. The molecule has 0 saturated carbocycles. The van der Waals surface area contributed by atoms with Gasteiger partial charge in [0.05, 0.1) is 0 Å². The zero-order valence-corrected chi connectivity index (χ0v) is 4.44. The van der Waals surface area contributed by atoms with E-state index in [-0.39, 0.29) is 5.95 Å². The lowest BCUT2D eigenvalue weighted by Gasteiger charge is -1.92. The number of rotatable bonds is 2. The van der Waals surface area contributed by atoms with Gasteiger partial charge in [0.2, 0.25) is 0 Å². The minimum Gasteiger partial charge on any atom is -0.229 e. The molecule has 1 aromatic heterocycles. The van der Waals surface area contributed by atoms with Crippen LogP contribution in [0.25, 0.3) is 5.53 Å². The van der Waals surface area contributed by atoms with E-state index >= 15 is 0 Å². The van der Waals surface area contributed by atoms with Crippen molar-refractivity contribution in [2.75, 3.05) is 5.43 Å². The van der Waals surface area contributed by atoms with Gasteiger partial charge in [-0.1, -0.05) is 0 Å². The summed E-state index contributed by atoms with van der Waals surface area (Å²) in [5.41, 5.74) is 10.3. The number of aromatic nitrogens is 3. The molecule has 1 rings (SSSR count). The fraction of sp³-hybridized carbons (Fsp3) is 0. The second-order valence-electron chi connectivity index (χ2n) is 1.20. The zero-order chi connectivity index (χ0) is 6.53. The molecule has 1 heterocycles. The highest BCUT2D eigenvalue weighted by molar-refractivity contribution is 5.14. The maximum absolute atomic E-state index is 8.06. The largest absolute Gasteiger partial charge is 0.229 e. The number of anilines is 1. The number of nitrogens with zero attached hydrogens (tertiary/aromatic N) is 4. The standard InChI is InChI=1S/C3H4N6/c4-9-8-3-6-1-5-2-7-3/h1-2,9H,(H-,4,5,6,7,8). The van der Waals surface area contributed by atoms with E-state index < -0.39 is 0 Å². The van der Waals surface area contributed by atoms with Crippen LogP contribution in [0.1, 0.15) is 0 Å². The SMILES string of the molecule is [N-]=[NH+]Nc1ncncn1. The number of hydrogen-bond donors (Lipinski definition) is 2. The summed E-state index contributed by atoms with van der Waals surface area (Å²) in [4.78, 5) is 10.8. The average Bonchev–Trinajstić information content (AvgIpc) is 1.91. The molecule has 0 aliphatic heterocycles. The predicted molar refractivity (Wildman–Crippen MR) is 27.8 cm³/mol. The molecular weight excluding hydrogens is 120 g/mol. The molecule has 0 atom stereocenters. The topological polar surface area (TPSA) is 87.0 Å². The Hall–Kier alpha value is -1.59. The van der Waals surface area contributed by atoms with Crippen LogP contribution < -0.4 is 10.6 Å². The molecular formula is C3H4N6. The molecule has 6 heteroatoms. The summed E-state index contributed by atoms with van der Waals surface area (Å²) in [6.45, 7) is 0. The summed E-state index contributed by atoms with van der Waals surface area (Å²) in [5, 5.41) is 1.68. The molecule has 0 radical (unpaired) electrons. The van der Waals surface area contributed by atoms with Crippen LogP contribution in [0.15, 0.2) is 12.7 Å². The molecule has 0 aliphatic rings. The quantitative estimate of drug-likeness (QED) is 0.363. The average molecular weight is 124 g/mol.